The normalized spacial score (nSPS) is 16.4. The highest BCUT2D eigenvalue weighted by Gasteiger charge is 2.64. The standard InChI is InChI=1S/C67H42BN/c1-35-32-54-62-57(38(35)4)59-64-68-60-51(30-17-31-52(60)67(59)49-28-15-9-22-43(49)44-23-10-16-29-50(44)67)65(45-24-11-5-18-39(45)40-19-6-12-25-46(40)65)53-33-36(2)56-37(3)34-55(63(69(62)64)58(56)61(53)68)66(54)47-26-13-7-20-41(47)42-21-8-14-27-48(42)66/h5-34H,1-4H3. The summed E-state index contributed by atoms with van der Waals surface area (Å²) in [4.78, 5) is 0. The van der Waals surface area contributed by atoms with E-state index < -0.39 is 16.2 Å². The third-order valence-corrected chi connectivity index (χ3v) is 19.0. The molecule has 69 heavy (non-hydrogen) atoms. The van der Waals surface area contributed by atoms with E-state index in [0.717, 1.165) is 0 Å². The molecule has 3 aliphatic carbocycles. The SMILES string of the molecule is Cc1cc2c3c(c1C)c1c4n3-c3c(cc(C)c5c(C)cc6c(c35)B4c3c(cccc3C13c1ccccc1-c1ccccc13)C61c3ccccc3-c3ccccc31)C21c2ccccc2-c2ccccc21. The van der Waals surface area contributed by atoms with Crippen LogP contribution in [0, 0.1) is 27.7 Å². The maximum absolute atomic E-state index is 2.90. The molecule has 0 radical (unpaired) electrons. The van der Waals surface area contributed by atoms with Gasteiger partial charge in [0.15, 0.2) is 0 Å². The zero-order valence-electron chi connectivity index (χ0n) is 38.8. The quantitative estimate of drug-likeness (QED) is 0.134. The van der Waals surface area contributed by atoms with Gasteiger partial charge in [-0.2, -0.15) is 0 Å². The number of hydrogen-bond donors (Lipinski definition) is 0. The fourth-order valence-electron chi connectivity index (χ4n) is 17.0. The van der Waals surface area contributed by atoms with Gasteiger partial charge in [-0.15, -0.1) is 0 Å². The third-order valence-electron chi connectivity index (χ3n) is 19.0. The van der Waals surface area contributed by atoms with Crippen LogP contribution in [-0.4, -0.2) is 11.3 Å². The predicted molar refractivity (Wildman–Crippen MR) is 283 cm³/mol. The Balaban J connectivity index is 1.19. The molecular weight excluding hydrogens is 830 g/mol. The molecule has 0 unspecified atom stereocenters. The Bertz CT molecular complexity index is 4250. The van der Waals surface area contributed by atoms with Crippen LogP contribution < -0.4 is 16.5 Å². The van der Waals surface area contributed by atoms with Crippen LogP contribution in [0.1, 0.15) is 89.0 Å². The maximum atomic E-state index is 2.90. The largest absolute Gasteiger partial charge is 0.320 e. The number of benzene rings is 10. The van der Waals surface area contributed by atoms with E-state index in [1.165, 1.54) is 166 Å². The van der Waals surface area contributed by atoms with Crippen molar-refractivity contribution < 1.29 is 0 Å². The first kappa shape index (κ1) is 36.2. The van der Waals surface area contributed by atoms with Crippen LogP contribution in [0.2, 0.25) is 0 Å². The van der Waals surface area contributed by atoms with Gasteiger partial charge >= 0.3 is 0 Å². The monoisotopic (exact) mass is 871 g/mol. The molecule has 1 nitrogen and oxygen atoms in total. The fraction of sp³-hybridized carbons (Fsp3) is 0.104. The number of nitrogens with zero attached hydrogens (tertiary/aromatic N) is 1. The minimum Gasteiger partial charge on any atom is -0.320 e. The summed E-state index contributed by atoms with van der Waals surface area (Å²) in [5.74, 6) is 0. The van der Waals surface area contributed by atoms with Crippen molar-refractivity contribution in [2.24, 2.45) is 0 Å². The van der Waals surface area contributed by atoms with Crippen molar-refractivity contribution in [1.29, 1.82) is 0 Å². The second kappa shape index (κ2) is 11.3. The van der Waals surface area contributed by atoms with Gasteiger partial charge in [0.05, 0.1) is 27.4 Å². The van der Waals surface area contributed by atoms with Gasteiger partial charge in [-0.25, -0.2) is 0 Å². The number of aryl methyl sites for hydroxylation is 4. The van der Waals surface area contributed by atoms with E-state index in [1.54, 1.807) is 0 Å². The smallest absolute Gasteiger partial charge is 0.265 e. The molecule has 0 atom stereocenters. The van der Waals surface area contributed by atoms with Crippen LogP contribution in [0.5, 0.6) is 0 Å². The predicted octanol–water partition coefficient (Wildman–Crippen LogP) is 12.9. The van der Waals surface area contributed by atoms with Crippen LogP contribution in [0.15, 0.2) is 182 Å². The van der Waals surface area contributed by atoms with Crippen LogP contribution >= 0.6 is 0 Å². The Kier molecular flexibility index (Phi) is 5.93. The second-order valence-electron chi connectivity index (χ2n) is 21.4. The second-order valence-corrected chi connectivity index (χ2v) is 21.4. The molecule has 7 aliphatic rings. The van der Waals surface area contributed by atoms with Crippen LogP contribution in [0.4, 0.5) is 0 Å². The van der Waals surface area contributed by atoms with Crippen molar-refractivity contribution >= 4 is 44.9 Å². The molecule has 11 aromatic rings. The molecule has 0 saturated heterocycles. The van der Waals surface area contributed by atoms with Crippen LogP contribution in [0.25, 0.3) is 60.7 Å². The summed E-state index contributed by atoms with van der Waals surface area (Å²) in [6, 6.07) is 72.0. The molecule has 0 saturated carbocycles. The average Bonchev–Trinajstić information content (AvgIpc) is 4.09. The van der Waals surface area contributed by atoms with E-state index >= 15 is 0 Å². The van der Waals surface area contributed by atoms with Crippen molar-refractivity contribution in [3.05, 3.63) is 271 Å². The molecule has 0 bridgehead atoms. The van der Waals surface area contributed by atoms with Gasteiger partial charge in [0, 0.05) is 16.4 Å². The lowest BCUT2D eigenvalue weighted by molar-refractivity contribution is 0.737. The zero-order valence-corrected chi connectivity index (χ0v) is 38.8. The van der Waals surface area contributed by atoms with Gasteiger partial charge in [0.2, 0.25) is 0 Å². The Morgan fingerprint density at radius 2 is 0.725 bits per heavy atom. The van der Waals surface area contributed by atoms with E-state index in [4.69, 9.17) is 0 Å². The zero-order chi connectivity index (χ0) is 45.2. The van der Waals surface area contributed by atoms with Crippen molar-refractivity contribution in [2.45, 2.75) is 43.9 Å². The fourth-order valence-corrected chi connectivity index (χ4v) is 17.0. The Labute approximate surface area is 401 Å². The lowest BCUT2D eigenvalue weighted by Gasteiger charge is -2.51. The highest BCUT2D eigenvalue weighted by molar-refractivity contribution is 6.99. The van der Waals surface area contributed by atoms with E-state index in [-0.39, 0.29) is 6.71 Å². The number of aromatic nitrogens is 1. The van der Waals surface area contributed by atoms with E-state index in [1.807, 2.05) is 0 Å². The third kappa shape index (κ3) is 3.40. The first-order chi connectivity index (χ1) is 33.9. The van der Waals surface area contributed by atoms with Gasteiger partial charge in [0.1, 0.15) is 0 Å². The van der Waals surface area contributed by atoms with Gasteiger partial charge < -0.3 is 4.57 Å². The van der Waals surface area contributed by atoms with Gasteiger partial charge in [-0.1, -0.05) is 193 Å². The molecule has 4 aliphatic heterocycles. The van der Waals surface area contributed by atoms with Crippen molar-refractivity contribution in [3.63, 3.8) is 0 Å². The molecule has 1 aromatic heterocycles. The first-order valence-corrected chi connectivity index (χ1v) is 25.0. The first-order valence-electron chi connectivity index (χ1n) is 25.0. The van der Waals surface area contributed by atoms with Crippen molar-refractivity contribution in [3.8, 4) is 39.1 Å². The topological polar surface area (TPSA) is 4.93 Å². The van der Waals surface area contributed by atoms with E-state index in [2.05, 4.69) is 214 Å². The molecule has 0 amide bonds. The summed E-state index contributed by atoms with van der Waals surface area (Å²) in [6.07, 6.45) is 0. The van der Waals surface area contributed by atoms with Gasteiger partial charge in [-0.3, -0.25) is 0 Å². The lowest BCUT2D eigenvalue weighted by atomic mass is 9.26. The molecule has 3 spiro atoms. The average molecular weight is 872 g/mol. The Hall–Kier alpha value is -7.94. The van der Waals surface area contributed by atoms with Crippen molar-refractivity contribution in [2.75, 3.05) is 0 Å². The van der Waals surface area contributed by atoms with E-state index in [9.17, 15) is 0 Å². The number of fused-ring (bicyclic) bond motifs is 22. The highest BCUT2D eigenvalue weighted by Crippen LogP contribution is 2.67. The number of rotatable bonds is 0. The molecule has 10 aromatic carbocycles. The Morgan fingerprint density at radius 1 is 0.333 bits per heavy atom. The summed E-state index contributed by atoms with van der Waals surface area (Å²) < 4.78 is 2.90. The summed E-state index contributed by atoms with van der Waals surface area (Å²) in [5.41, 5.74) is 36.2. The molecule has 0 N–H and O–H groups in total. The molecular formula is C67H42BN. The van der Waals surface area contributed by atoms with Gasteiger partial charge in [0.25, 0.3) is 6.71 Å². The van der Waals surface area contributed by atoms with Gasteiger partial charge in [-0.05, 0) is 155 Å². The van der Waals surface area contributed by atoms with Crippen LogP contribution in [-0.2, 0) is 16.2 Å². The maximum Gasteiger partial charge on any atom is 0.265 e. The van der Waals surface area contributed by atoms with Crippen LogP contribution in [0.3, 0.4) is 0 Å². The molecule has 2 heteroatoms. The molecule has 318 valence electrons. The molecule has 18 rings (SSSR count). The van der Waals surface area contributed by atoms with Crippen molar-refractivity contribution in [1.82, 2.24) is 4.57 Å². The summed E-state index contributed by atoms with van der Waals surface area (Å²) in [6.45, 7) is 9.68. The minimum atomic E-state index is -0.588. The summed E-state index contributed by atoms with van der Waals surface area (Å²) in [7, 11) is 0. The molecule has 0 fully saturated rings. The van der Waals surface area contributed by atoms with E-state index in [0.29, 0.717) is 0 Å². The molecule has 5 heterocycles. The number of hydrogen-bond acceptors (Lipinski definition) is 0. The minimum absolute atomic E-state index is 0.0136. The highest BCUT2D eigenvalue weighted by atomic mass is 15.0. The summed E-state index contributed by atoms with van der Waals surface area (Å²) >= 11 is 0. The lowest BCUT2D eigenvalue weighted by Crippen LogP contribution is -2.70. The summed E-state index contributed by atoms with van der Waals surface area (Å²) in [5, 5.41) is 4.30. The Morgan fingerprint density at radius 3 is 1.22 bits per heavy atom.